The van der Waals surface area contributed by atoms with Crippen molar-refractivity contribution in [2.75, 3.05) is 19.4 Å². The largest absolute Gasteiger partial charge is 0.345 e. The summed E-state index contributed by atoms with van der Waals surface area (Å²) < 4.78 is 0. The Morgan fingerprint density at radius 1 is 1.40 bits per heavy atom. The molecule has 0 heterocycles. The summed E-state index contributed by atoms with van der Waals surface area (Å²) >= 11 is 6.00. The lowest BCUT2D eigenvalue weighted by molar-refractivity contribution is -0.120. The molecule has 0 bridgehead atoms. The number of halogens is 1. The van der Waals surface area contributed by atoms with E-state index in [9.17, 15) is 9.59 Å². The summed E-state index contributed by atoms with van der Waals surface area (Å²) in [6.07, 6.45) is 0.510. The molecule has 0 aliphatic heterocycles. The lowest BCUT2D eigenvalue weighted by Gasteiger charge is -2.22. The molecular formula is C14H20ClN3O2. The number of nitrogens with two attached hydrogens (primary N) is 1. The number of carbonyl (C=O) groups excluding carboxylic acids is 2. The van der Waals surface area contributed by atoms with Crippen LogP contribution >= 0.6 is 11.6 Å². The van der Waals surface area contributed by atoms with E-state index in [1.165, 1.54) is 4.90 Å². The third-order valence-electron chi connectivity index (χ3n) is 3.11. The van der Waals surface area contributed by atoms with Gasteiger partial charge in [-0.2, -0.15) is 0 Å². The van der Waals surface area contributed by atoms with Gasteiger partial charge in [0.25, 0.3) is 5.91 Å². The van der Waals surface area contributed by atoms with Crippen LogP contribution in [0.1, 0.15) is 30.6 Å². The minimum Gasteiger partial charge on any atom is -0.345 e. The topological polar surface area (TPSA) is 75.4 Å². The molecule has 6 heteroatoms. The van der Waals surface area contributed by atoms with Crippen molar-refractivity contribution in [1.29, 1.82) is 0 Å². The van der Waals surface area contributed by atoms with E-state index in [4.69, 9.17) is 17.3 Å². The molecule has 0 saturated heterocycles. The van der Waals surface area contributed by atoms with E-state index in [2.05, 4.69) is 5.32 Å². The maximum atomic E-state index is 12.0. The van der Waals surface area contributed by atoms with Crippen molar-refractivity contribution in [1.82, 2.24) is 4.90 Å². The summed E-state index contributed by atoms with van der Waals surface area (Å²) in [6, 6.07) is 4.76. The second kappa shape index (κ2) is 6.24. The molecule has 2 amide bonds. The number of carbonyl (C=O) groups is 2. The van der Waals surface area contributed by atoms with Gasteiger partial charge in [-0.05, 0) is 31.5 Å². The Bertz CT molecular complexity index is 527. The van der Waals surface area contributed by atoms with Crippen molar-refractivity contribution in [2.24, 2.45) is 5.73 Å². The third-order valence-corrected chi connectivity index (χ3v) is 3.44. The lowest BCUT2D eigenvalue weighted by Crippen LogP contribution is -2.47. The first-order chi connectivity index (χ1) is 9.19. The molecule has 1 aromatic rings. The van der Waals surface area contributed by atoms with Crippen molar-refractivity contribution in [2.45, 2.75) is 25.8 Å². The zero-order valence-electron chi connectivity index (χ0n) is 12.2. The highest BCUT2D eigenvalue weighted by molar-refractivity contribution is 6.34. The second-order valence-electron chi connectivity index (χ2n) is 5.12. The molecule has 0 aliphatic rings. The molecule has 0 spiro atoms. The Hall–Kier alpha value is -1.59. The fourth-order valence-corrected chi connectivity index (χ4v) is 1.64. The first-order valence-electron chi connectivity index (χ1n) is 6.30. The molecule has 110 valence electrons. The van der Waals surface area contributed by atoms with Crippen LogP contribution in [0.5, 0.6) is 0 Å². The Morgan fingerprint density at radius 2 is 2.00 bits per heavy atom. The second-order valence-corrected chi connectivity index (χ2v) is 5.53. The number of amides is 2. The quantitative estimate of drug-likeness (QED) is 0.893. The van der Waals surface area contributed by atoms with Gasteiger partial charge in [0.1, 0.15) is 0 Å². The van der Waals surface area contributed by atoms with Gasteiger partial charge >= 0.3 is 0 Å². The molecule has 0 saturated carbocycles. The number of rotatable bonds is 4. The molecule has 3 N–H and O–H groups in total. The average molecular weight is 298 g/mol. The number of anilines is 1. The van der Waals surface area contributed by atoms with Gasteiger partial charge in [-0.1, -0.05) is 18.5 Å². The van der Waals surface area contributed by atoms with E-state index in [0.717, 1.165) is 0 Å². The van der Waals surface area contributed by atoms with E-state index in [0.29, 0.717) is 22.7 Å². The highest BCUT2D eigenvalue weighted by atomic mass is 35.5. The Balaban J connectivity index is 3.02. The molecule has 20 heavy (non-hydrogen) atoms. The molecule has 1 aromatic carbocycles. The van der Waals surface area contributed by atoms with Crippen LogP contribution in [-0.2, 0) is 4.79 Å². The van der Waals surface area contributed by atoms with Crippen molar-refractivity contribution in [3.63, 3.8) is 0 Å². The van der Waals surface area contributed by atoms with Crippen molar-refractivity contribution < 1.29 is 9.59 Å². The van der Waals surface area contributed by atoms with Crippen molar-refractivity contribution in [3.8, 4) is 0 Å². The van der Waals surface area contributed by atoms with Crippen LogP contribution < -0.4 is 11.1 Å². The highest BCUT2D eigenvalue weighted by Crippen LogP contribution is 2.22. The van der Waals surface area contributed by atoms with Gasteiger partial charge in [-0.3, -0.25) is 9.59 Å². The first-order valence-corrected chi connectivity index (χ1v) is 6.68. The van der Waals surface area contributed by atoms with E-state index in [-0.39, 0.29) is 11.8 Å². The van der Waals surface area contributed by atoms with Gasteiger partial charge in [0.15, 0.2) is 0 Å². The third kappa shape index (κ3) is 3.71. The fraction of sp³-hybridized carbons (Fsp3) is 0.429. The smallest absolute Gasteiger partial charge is 0.254 e. The number of nitrogens with one attached hydrogen (secondary N) is 1. The van der Waals surface area contributed by atoms with Crippen LogP contribution in [0.4, 0.5) is 5.69 Å². The molecule has 0 aromatic heterocycles. The minimum atomic E-state index is -0.953. The van der Waals surface area contributed by atoms with Gasteiger partial charge < -0.3 is 16.0 Å². The summed E-state index contributed by atoms with van der Waals surface area (Å²) in [4.78, 5) is 25.4. The first kappa shape index (κ1) is 16.5. The normalized spacial score (nSPS) is 13.5. The number of hydrogen-bond acceptors (Lipinski definition) is 3. The molecule has 1 rings (SSSR count). The standard InChI is InChI=1S/C14H20ClN3O2/c1-5-14(2,16)13(20)17-9-6-7-11(15)10(8-9)12(19)18(3)4/h6-8H,5,16H2,1-4H3,(H,17,20). The summed E-state index contributed by atoms with van der Waals surface area (Å²) in [5.74, 6) is -0.525. The van der Waals surface area contributed by atoms with Crippen LogP contribution in [0.2, 0.25) is 5.02 Å². The van der Waals surface area contributed by atoms with Crippen LogP contribution in [-0.4, -0.2) is 36.3 Å². The molecule has 1 unspecified atom stereocenters. The van der Waals surface area contributed by atoms with Crippen molar-refractivity contribution in [3.05, 3.63) is 28.8 Å². The zero-order chi connectivity index (χ0) is 15.5. The molecule has 0 radical (unpaired) electrons. The lowest BCUT2D eigenvalue weighted by atomic mass is 9.99. The summed E-state index contributed by atoms with van der Waals surface area (Å²) in [5.41, 5.74) is 5.75. The van der Waals surface area contributed by atoms with Gasteiger partial charge in [0, 0.05) is 19.8 Å². The predicted octanol–water partition coefficient (Wildman–Crippen LogP) is 2.11. The van der Waals surface area contributed by atoms with E-state index in [1.54, 1.807) is 39.2 Å². The highest BCUT2D eigenvalue weighted by Gasteiger charge is 2.26. The van der Waals surface area contributed by atoms with Crippen LogP contribution in [0, 0.1) is 0 Å². The van der Waals surface area contributed by atoms with E-state index < -0.39 is 5.54 Å². The van der Waals surface area contributed by atoms with Gasteiger partial charge in [0.05, 0.1) is 16.1 Å². The Morgan fingerprint density at radius 3 is 2.50 bits per heavy atom. The number of hydrogen-bond donors (Lipinski definition) is 2. The zero-order valence-corrected chi connectivity index (χ0v) is 12.9. The maximum Gasteiger partial charge on any atom is 0.254 e. The monoisotopic (exact) mass is 297 g/mol. The molecular weight excluding hydrogens is 278 g/mol. The van der Waals surface area contributed by atoms with Crippen LogP contribution in [0.3, 0.4) is 0 Å². The van der Waals surface area contributed by atoms with E-state index >= 15 is 0 Å². The predicted molar refractivity (Wildman–Crippen MR) is 81.0 cm³/mol. The summed E-state index contributed by atoms with van der Waals surface area (Å²) in [7, 11) is 3.27. The van der Waals surface area contributed by atoms with E-state index in [1.807, 2.05) is 6.92 Å². The molecule has 1 atom stereocenters. The van der Waals surface area contributed by atoms with Gasteiger partial charge in [-0.15, -0.1) is 0 Å². The Labute approximate surface area is 124 Å². The molecule has 0 aliphatic carbocycles. The summed E-state index contributed by atoms with van der Waals surface area (Å²) in [5, 5.41) is 3.04. The van der Waals surface area contributed by atoms with Gasteiger partial charge in [0.2, 0.25) is 5.91 Å². The number of nitrogens with zero attached hydrogens (tertiary/aromatic N) is 1. The molecule has 0 fully saturated rings. The van der Waals surface area contributed by atoms with Crippen molar-refractivity contribution >= 4 is 29.1 Å². The Kier molecular flexibility index (Phi) is 5.14. The SMILES string of the molecule is CCC(C)(N)C(=O)Nc1ccc(Cl)c(C(=O)N(C)C)c1. The van der Waals surface area contributed by atoms with Crippen LogP contribution in [0.25, 0.3) is 0 Å². The maximum absolute atomic E-state index is 12.0. The number of benzene rings is 1. The summed E-state index contributed by atoms with van der Waals surface area (Å²) in [6.45, 7) is 3.49. The van der Waals surface area contributed by atoms with Crippen LogP contribution in [0.15, 0.2) is 18.2 Å². The minimum absolute atomic E-state index is 0.225. The fourth-order valence-electron chi connectivity index (χ4n) is 1.44. The molecule has 5 nitrogen and oxygen atoms in total. The van der Waals surface area contributed by atoms with Gasteiger partial charge in [-0.25, -0.2) is 0 Å². The average Bonchev–Trinajstić information content (AvgIpc) is 2.39.